The number of aliphatic hydroxyl groups is 1. The quantitative estimate of drug-likeness (QED) is 0.839. The van der Waals surface area contributed by atoms with Crippen LogP contribution in [-0.4, -0.2) is 17.3 Å². The zero-order valence-corrected chi connectivity index (χ0v) is 11.0. The van der Waals surface area contributed by atoms with Crippen LogP contribution in [0.4, 0.5) is 5.69 Å². The SMILES string of the molecule is CC(CO)(CC1CCC1)Nc1ccc(Cl)cc1. The standard InChI is InChI=1S/C14H20ClNO/c1-14(10-17,9-11-3-2-4-11)16-13-7-5-12(15)6-8-13/h5-8,11,16-17H,2-4,9-10H2,1H3. The van der Waals surface area contributed by atoms with Gasteiger partial charge in [-0.25, -0.2) is 0 Å². The van der Waals surface area contributed by atoms with Crippen molar-refractivity contribution in [1.82, 2.24) is 0 Å². The van der Waals surface area contributed by atoms with Crippen molar-refractivity contribution >= 4 is 17.3 Å². The minimum absolute atomic E-state index is 0.159. The summed E-state index contributed by atoms with van der Waals surface area (Å²) in [6.45, 7) is 2.24. The van der Waals surface area contributed by atoms with Crippen molar-refractivity contribution in [2.45, 2.75) is 38.1 Å². The Kier molecular flexibility index (Phi) is 3.95. The molecule has 0 aromatic heterocycles. The third-order valence-electron chi connectivity index (χ3n) is 3.60. The highest BCUT2D eigenvalue weighted by atomic mass is 35.5. The van der Waals surface area contributed by atoms with Gasteiger partial charge in [0.25, 0.3) is 0 Å². The number of nitrogens with one attached hydrogen (secondary N) is 1. The number of aliphatic hydroxyl groups excluding tert-OH is 1. The van der Waals surface area contributed by atoms with Gasteiger partial charge >= 0.3 is 0 Å². The zero-order valence-electron chi connectivity index (χ0n) is 10.2. The molecule has 1 unspecified atom stereocenters. The minimum atomic E-state index is -0.223. The Morgan fingerprint density at radius 2 is 2.00 bits per heavy atom. The molecule has 1 aliphatic rings. The van der Waals surface area contributed by atoms with Crippen molar-refractivity contribution in [1.29, 1.82) is 0 Å². The molecule has 1 atom stereocenters. The van der Waals surface area contributed by atoms with Crippen LogP contribution in [0.15, 0.2) is 24.3 Å². The Balaban J connectivity index is 1.99. The van der Waals surface area contributed by atoms with Gasteiger partial charge in [-0.2, -0.15) is 0 Å². The van der Waals surface area contributed by atoms with Crippen molar-refractivity contribution in [3.63, 3.8) is 0 Å². The number of anilines is 1. The van der Waals surface area contributed by atoms with Gasteiger partial charge in [0.1, 0.15) is 0 Å². The van der Waals surface area contributed by atoms with E-state index in [0.717, 1.165) is 23.0 Å². The Morgan fingerprint density at radius 1 is 1.35 bits per heavy atom. The summed E-state index contributed by atoms with van der Waals surface area (Å²) in [6, 6.07) is 7.64. The first kappa shape index (κ1) is 12.7. The normalized spacial score (nSPS) is 19.5. The Bertz CT molecular complexity index is 361. The summed E-state index contributed by atoms with van der Waals surface area (Å²) in [5.41, 5.74) is 0.795. The third kappa shape index (κ3) is 3.36. The number of rotatable bonds is 5. The summed E-state index contributed by atoms with van der Waals surface area (Å²) in [7, 11) is 0. The summed E-state index contributed by atoms with van der Waals surface area (Å²) in [5.74, 6) is 0.770. The smallest absolute Gasteiger partial charge is 0.0658 e. The lowest BCUT2D eigenvalue weighted by Gasteiger charge is -2.37. The van der Waals surface area contributed by atoms with Crippen LogP contribution in [0.2, 0.25) is 5.02 Å². The van der Waals surface area contributed by atoms with Gasteiger partial charge in [0.2, 0.25) is 0 Å². The summed E-state index contributed by atoms with van der Waals surface area (Å²) in [6.07, 6.45) is 4.98. The summed E-state index contributed by atoms with van der Waals surface area (Å²) in [5, 5.41) is 13.7. The monoisotopic (exact) mass is 253 g/mol. The highest BCUT2D eigenvalue weighted by Crippen LogP contribution is 2.35. The predicted octanol–water partition coefficient (Wildman–Crippen LogP) is 3.69. The van der Waals surface area contributed by atoms with Crippen LogP contribution in [0.1, 0.15) is 32.6 Å². The molecule has 17 heavy (non-hydrogen) atoms. The van der Waals surface area contributed by atoms with E-state index < -0.39 is 0 Å². The second kappa shape index (κ2) is 5.28. The first-order valence-corrected chi connectivity index (χ1v) is 6.64. The number of benzene rings is 1. The van der Waals surface area contributed by atoms with Gasteiger partial charge in [0, 0.05) is 10.7 Å². The molecule has 2 N–H and O–H groups in total. The molecule has 1 fully saturated rings. The van der Waals surface area contributed by atoms with Gasteiger partial charge < -0.3 is 10.4 Å². The zero-order chi connectivity index (χ0) is 12.3. The Hall–Kier alpha value is -0.730. The topological polar surface area (TPSA) is 32.3 Å². The van der Waals surface area contributed by atoms with Gasteiger partial charge in [0.05, 0.1) is 12.1 Å². The van der Waals surface area contributed by atoms with E-state index in [1.54, 1.807) is 0 Å². The molecule has 2 nitrogen and oxygen atoms in total. The maximum Gasteiger partial charge on any atom is 0.0658 e. The van der Waals surface area contributed by atoms with Crippen LogP contribution in [-0.2, 0) is 0 Å². The maximum atomic E-state index is 9.58. The molecule has 1 aromatic rings. The first-order chi connectivity index (χ1) is 8.11. The average molecular weight is 254 g/mol. The Labute approximate surface area is 108 Å². The average Bonchev–Trinajstić information content (AvgIpc) is 2.27. The molecule has 1 aromatic carbocycles. The molecule has 0 amide bonds. The van der Waals surface area contributed by atoms with Crippen LogP contribution in [0.5, 0.6) is 0 Å². The fourth-order valence-corrected chi connectivity index (χ4v) is 2.50. The fraction of sp³-hybridized carbons (Fsp3) is 0.571. The Morgan fingerprint density at radius 3 is 2.47 bits per heavy atom. The molecule has 2 rings (SSSR count). The van der Waals surface area contributed by atoms with Crippen molar-refractivity contribution in [2.24, 2.45) is 5.92 Å². The molecule has 94 valence electrons. The molecular weight excluding hydrogens is 234 g/mol. The van der Waals surface area contributed by atoms with E-state index >= 15 is 0 Å². The van der Waals surface area contributed by atoms with Gasteiger partial charge in [-0.05, 0) is 43.5 Å². The van der Waals surface area contributed by atoms with E-state index in [1.807, 2.05) is 24.3 Å². The molecule has 3 heteroatoms. The van der Waals surface area contributed by atoms with E-state index in [0.29, 0.717) is 0 Å². The van der Waals surface area contributed by atoms with Crippen LogP contribution in [0, 0.1) is 5.92 Å². The molecule has 0 bridgehead atoms. The molecule has 0 spiro atoms. The second-order valence-electron chi connectivity index (χ2n) is 5.35. The molecular formula is C14H20ClNO. The van der Waals surface area contributed by atoms with Crippen molar-refractivity contribution < 1.29 is 5.11 Å². The molecule has 0 saturated heterocycles. The van der Waals surface area contributed by atoms with Crippen LogP contribution in [0.3, 0.4) is 0 Å². The third-order valence-corrected chi connectivity index (χ3v) is 3.86. The number of hydrogen-bond acceptors (Lipinski definition) is 2. The van der Waals surface area contributed by atoms with E-state index in [-0.39, 0.29) is 12.1 Å². The first-order valence-electron chi connectivity index (χ1n) is 6.26. The van der Waals surface area contributed by atoms with Gasteiger partial charge in [-0.1, -0.05) is 30.9 Å². The summed E-state index contributed by atoms with van der Waals surface area (Å²) in [4.78, 5) is 0. The molecule has 0 aliphatic heterocycles. The van der Waals surface area contributed by atoms with Crippen molar-refractivity contribution in [3.05, 3.63) is 29.3 Å². The van der Waals surface area contributed by atoms with E-state index in [1.165, 1.54) is 19.3 Å². The van der Waals surface area contributed by atoms with Crippen LogP contribution >= 0.6 is 11.6 Å². The second-order valence-corrected chi connectivity index (χ2v) is 5.79. The minimum Gasteiger partial charge on any atom is -0.394 e. The lowest BCUT2D eigenvalue weighted by molar-refractivity contribution is 0.168. The molecule has 1 aliphatic carbocycles. The van der Waals surface area contributed by atoms with Crippen LogP contribution < -0.4 is 5.32 Å². The molecule has 0 heterocycles. The van der Waals surface area contributed by atoms with E-state index in [9.17, 15) is 5.11 Å². The van der Waals surface area contributed by atoms with E-state index in [4.69, 9.17) is 11.6 Å². The molecule has 0 radical (unpaired) electrons. The number of hydrogen-bond donors (Lipinski definition) is 2. The van der Waals surface area contributed by atoms with Crippen LogP contribution in [0.25, 0.3) is 0 Å². The lowest BCUT2D eigenvalue weighted by Crippen LogP contribution is -2.41. The summed E-state index contributed by atoms with van der Waals surface area (Å²) >= 11 is 5.86. The highest BCUT2D eigenvalue weighted by molar-refractivity contribution is 6.30. The van der Waals surface area contributed by atoms with Crippen molar-refractivity contribution in [2.75, 3.05) is 11.9 Å². The van der Waals surface area contributed by atoms with Gasteiger partial charge in [-0.3, -0.25) is 0 Å². The van der Waals surface area contributed by atoms with E-state index in [2.05, 4.69) is 12.2 Å². The lowest BCUT2D eigenvalue weighted by atomic mass is 9.76. The summed E-state index contributed by atoms with van der Waals surface area (Å²) < 4.78 is 0. The highest BCUT2D eigenvalue weighted by Gasteiger charge is 2.30. The van der Waals surface area contributed by atoms with Crippen molar-refractivity contribution in [3.8, 4) is 0 Å². The predicted molar refractivity (Wildman–Crippen MR) is 72.5 cm³/mol. The number of halogens is 1. The molecule has 1 saturated carbocycles. The fourth-order valence-electron chi connectivity index (χ4n) is 2.37. The van der Waals surface area contributed by atoms with Gasteiger partial charge in [0.15, 0.2) is 0 Å². The largest absolute Gasteiger partial charge is 0.394 e. The maximum absolute atomic E-state index is 9.58. The van der Waals surface area contributed by atoms with Gasteiger partial charge in [-0.15, -0.1) is 0 Å².